The second kappa shape index (κ2) is 9.65. The highest BCUT2D eigenvalue weighted by molar-refractivity contribution is 6.26. The predicted molar refractivity (Wildman–Crippen MR) is 192 cm³/mol. The van der Waals surface area contributed by atoms with Crippen LogP contribution in [0.1, 0.15) is 0 Å². The zero-order chi connectivity index (χ0) is 30.2. The molecule has 7 aromatic carbocycles. The van der Waals surface area contributed by atoms with Gasteiger partial charge in [-0.15, -0.1) is 0 Å². The molecule has 3 aromatic heterocycles. The molecule has 46 heavy (non-hydrogen) atoms. The smallest absolute Gasteiger partial charge is 0.146 e. The van der Waals surface area contributed by atoms with Crippen molar-refractivity contribution >= 4 is 65.4 Å². The van der Waals surface area contributed by atoms with E-state index in [4.69, 9.17) is 9.40 Å². The first-order valence-electron chi connectivity index (χ1n) is 15.6. The third-order valence-electron chi connectivity index (χ3n) is 9.38. The average molecular weight is 587 g/mol. The van der Waals surface area contributed by atoms with Gasteiger partial charge in [-0.05, 0) is 69.4 Å². The molecule has 0 aliphatic rings. The topological polar surface area (TPSA) is 31.0 Å². The van der Waals surface area contributed by atoms with Crippen molar-refractivity contribution in [3.63, 3.8) is 0 Å². The van der Waals surface area contributed by atoms with Crippen LogP contribution in [0.4, 0.5) is 0 Å². The molecule has 0 amide bonds. The summed E-state index contributed by atoms with van der Waals surface area (Å²) in [5.74, 6) is 0. The Kier molecular flexibility index (Phi) is 5.28. The normalized spacial score (nSPS) is 11.9. The number of aromatic nitrogens is 2. The summed E-state index contributed by atoms with van der Waals surface area (Å²) in [5.41, 5.74) is 10.7. The minimum Gasteiger partial charge on any atom is -0.455 e. The molecule has 3 heterocycles. The van der Waals surface area contributed by atoms with Gasteiger partial charge in [0.2, 0.25) is 0 Å². The lowest BCUT2D eigenvalue weighted by Gasteiger charge is -2.14. The van der Waals surface area contributed by atoms with Gasteiger partial charge in [0.05, 0.1) is 16.6 Å². The van der Waals surface area contributed by atoms with E-state index in [2.05, 4.69) is 156 Å². The third kappa shape index (κ3) is 3.63. The highest BCUT2D eigenvalue weighted by Crippen LogP contribution is 2.42. The lowest BCUT2D eigenvalue weighted by Crippen LogP contribution is -1.97. The SMILES string of the molecule is c1ccc(-c2cc(-c3ccccc3)cc(-n3c4ccccc4c4ccc5c(ncc6c5oc5ccc7ccccc7c56)c43)c2)cc1. The van der Waals surface area contributed by atoms with E-state index in [1.54, 1.807) is 0 Å². The summed E-state index contributed by atoms with van der Waals surface area (Å²) >= 11 is 0. The molecule has 0 aliphatic carbocycles. The Labute approximate surface area is 264 Å². The standard InChI is InChI=1S/C43H26N2O/c1-3-11-27(12-4-1)30-23-31(28-13-5-2-6-14-28)25-32(24-30)45-38-18-10-9-17-34(38)35-20-21-36-41(42(35)45)44-26-37-40-33-16-8-7-15-29(33)19-22-39(40)46-43(36)37/h1-26H. The maximum atomic E-state index is 6.65. The zero-order valence-corrected chi connectivity index (χ0v) is 24.8. The first-order chi connectivity index (χ1) is 22.8. The van der Waals surface area contributed by atoms with E-state index in [0.717, 1.165) is 49.6 Å². The molecule has 0 unspecified atom stereocenters. The fourth-order valence-electron chi connectivity index (χ4n) is 7.30. The molecule has 0 saturated heterocycles. The maximum absolute atomic E-state index is 6.65. The number of hydrogen-bond donors (Lipinski definition) is 0. The number of rotatable bonds is 3. The van der Waals surface area contributed by atoms with E-state index < -0.39 is 0 Å². The Hall–Kier alpha value is -6.19. The van der Waals surface area contributed by atoms with Gasteiger partial charge >= 0.3 is 0 Å². The van der Waals surface area contributed by atoms with Crippen molar-refractivity contribution in [2.75, 3.05) is 0 Å². The minimum atomic E-state index is 0.873. The van der Waals surface area contributed by atoms with Crippen molar-refractivity contribution < 1.29 is 4.42 Å². The van der Waals surface area contributed by atoms with E-state index in [9.17, 15) is 0 Å². The number of benzene rings is 7. The van der Waals surface area contributed by atoms with Gasteiger partial charge in [0.1, 0.15) is 11.2 Å². The Morgan fingerprint density at radius 3 is 1.89 bits per heavy atom. The summed E-state index contributed by atoms with van der Waals surface area (Å²) in [7, 11) is 0. The van der Waals surface area contributed by atoms with Crippen LogP contribution < -0.4 is 0 Å². The second-order valence-corrected chi connectivity index (χ2v) is 12.0. The van der Waals surface area contributed by atoms with Crippen LogP contribution in [-0.2, 0) is 0 Å². The van der Waals surface area contributed by atoms with Gasteiger partial charge in [0.15, 0.2) is 0 Å². The predicted octanol–water partition coefficient (Wildman–Crippen LogP) is 11.7. The fraction of sp³-hybridized carbons (Fsp3) is 0. The van der Waals surface area contributed by atoms with Crippen LogP contribution in [0.3, 0.4) is 0 Å². The van der Waals surface area contributed by atoms with Crippen LogP contribution in [0.5, 0.6) is 0 Å². The molecule has 0 bridgehead atoms. The number of nitrogens with zero attached hydrogens (tertiary/aromatic N) is 2. The third-order valence-corrected chi connectivity index (χ3v) is 9.38. The van der Waals surface area contributed by atoms with E-state index in [0.29, 0.717) is 0 Å². The number of para-hydroxylation sites is 1. The Morgan fingerprint density at radius 2 is 1.13 bits per heavy atom. The average Bonchev–Trinajstić information content (AvgIpc) is 3.69. The van der Waals surface area contributed by atoms with Crippen LogP contribution in [0.2, 0.25) is 0 Å². The molecular weight excluding hydrogens is 560 g/mol. The molecule has 0 spiro atoms. The molecule has 214 valence electrons. The number of furan rings is 1. The molecule has 0 fully saturated rings. The second-order valence-electron chi connectivity index (χ2n) is 12.0. The molecular formula is C43H26N2O. The van der Waals surface area contributed by atoms with Gasteiger partial charge in [0, 0.05) is 38.8 Å². The molecule has 3 nitrogen and oxygen atoms in total. The van der Waals surface area contributed by atoms with Crippen molar-refractivity contribution in [2.24, 2.45) is 0 Å². The summed E-state index contributed by atoms with van der Waals surface area (Å²) in [6, 6.07) is 53.9. The zero-order valence-electron chi connectivity index (χ0n) is 24.8. The highest BCUT2D eigenvalue weighted by atomic mass is 16.3. The Morgan fingerprint density at radius 1 is 0.478 bits per heavy atom. The lowest BCUT2D eigenvalue weighted by atomic mass is 9.98. The molecule has 10 rings (SSSR count). The van der Waals surface area contributed by atoms with E-state index in [-0.39, 0.29) is 0 Å². The van der Waals surface area contributed by atoms with Crippen molar-refractivity contribution in [3.05, 3.63) is 158 Å². The van der Waals surface area contributed by atoms with Crippen LogP contribution in [0.25, 0.3) is 93.4 Å². The number of pyridine rings is 1. The largest absolute Gasteiger partial charge is 0.455 e. The fourth-order valence-corrected chi connectivity index (χ4v) is 7.30. The summed E-state index contributed by atoms with van der Waals surface area (Å²) < 4.78 is 9.04. The number of hydrogen-bond acceptors (Lipinski definition) is 2. The van der Waals surface area contributed by atoms with Crippen molar-refractivity contribution in [1.82, 2.24) is 9.55 Å². The minimum absolute atomic E-state index is 0.873. The van der Waals surface area contributed by atoms with E-state index in [1.807, 2.05) is 6.20 Å². The lowest BCUT2D eigenvalue weighted by molar-refractivity contribution is 0.673. The molecule has 0 saturated carbocycles. The van der Waals surface area contributed by atoms with E-state index in [1.165, 1.54) is 43.8 Å². The van der Waals surface area contributed by atoms with Crippen molar-refractivity contribution in [1.29, 1.82) is 0 Å². The monoisotopic (exact) mass is 586 g/mol. The Balaban J connectivity index is 1.33. The summed E-state index contributed by atoms with van der Waals surface area (Å²) in [4.78, 5) is 5.23. The van der Waals surface area contributed by atoms with E-state index >= 15 is 0 Å². The first-order valence-corrected chi connectivity index (χ1v) is 15.6. The summed E-state index contributed by atoms with van der Waals surface area (Å²) in [6.07, 6.45) is 2.01. The van der Waals surface area contributed by atoms with Crippen molar-refractivity contribution in [3.8, 4) is 27.9 Å². The van der Waals surface area contributed by atoms with Gasteiger partial charge in [-0.3, -0.25) is 4.98 Å². The van der Waals surface area contributed by atoms with Crippen molar-refractivity contribution in [2.45, 2.75) is 0 Å². The molecule has 0 aliphatic heterocycles. The maximum Gasteiger partial charge on any atom is 0.146 e. The quantitative estimate of drug-likeness (QED) is 0.206. The summed E-state index contributed by atoms with van der Waals surface area (Å²) in [6.45, 7) is 0. The van der Waals surface area contributed by atoms with Gasteiger partial charge in [-0.2, -0.15) is 0 Å². The van der Waals surface area contributed by atoms with Gasteiger partial charge < -0.3 is 8.98 Å². The summed E-state index contributed by atoms with van der Waals surface area (Å²) in [5, 5.41) is 7.91. The Bertz CT molecular complexity index is 2730. The van der Waals surface area contributed by atoms with Crippen LogP contribution in [0, 0.1) is 0 Å². The number of fused-ring (bicyclic) bond motifs is 11. The molecule has 3 heteroatoms. The van der Waals surface area contributed by atoms with Crippen LogP contribution in [-0.4, -0.2) is 9.55 Å². The van der Waals surface area contributed by atoms with Gasteiger partial charge in [0.25, 0.3) is 0 Å². The highest BCUT2D eigenvalue weighted by Gasteiger charge is 2.20. The van der Waals surface area contributed by atoms with Gasteiger partial charge in [-0.25, -0.2) is 0 Å². The first kappa shape index (κ1) is 25.2. The molecule has 0 radical (unpaired) electrons. The molecule has 0 N–H and O–H groups in total. The van der Waals surface area contributed by atoms with Gasteiger partial charge in [-0.1, -0.05) is 115 Å². The van der Waals surface area contributed by atoms with Crippen LogP contribution in [0.15, 0.2) is 162 Å². The van der Waals surface area contributed by atoms with Crippen LogP contribution >= 0.6 is 0 Å². The molecule has 10 aromatic rings. The molecule has 0 atom stereocenters.